The van der Waals surface area contributed by atoms with E-state index in [1.54, 1.807) is 0 Å². The highest BCUT2D eigenvalue weighted by Crippen LogP contribution is 2.32. The first kappa shape index (κ1) is 14.3. The summed E-state index contributed by atoms with van der Waals surface area (Å²) in [5.41, 5.74) is -1.23. The molecule has 0 aliphatic rings. The van der Waals surface area contributed by atoms with Crippen molar-refractivity contribution in [2.75, 3.05) is 18.5 Å². The molecular weight excluding hydrogens is 249 g/mol. The predicted molar refractivity (Wildman–Crippen MR) is 57.7 cm³/mol. The maximum absolute atomic E-state index is 12.5. The molecule has 0 spiro atoms. The van der Waals surface area contributed by atoms with Gasteiger partial charge in [-0.2, -0.15) is 18.4 Å². The molecule has 0 aliphatic carbocycles. The van der Waals surface area contributed by atoms with Crippen molar-refractivity contribution < 1.29 is 23.4 Å². The van der Waals surface area contributed by atoms with Crippen LogP contribution in [-0.2, 0) is 6.18 Å². The van der Waals surface area contributed by atoms with Gasteiger partial charge in [0.15, 0.2) is 0 Å². The summed E-state index contributed by atoms with van der Waals surface area (Å²) in [4.78, 5) is 0. The van der Waals surface area contributed by atoms with Gasteiger partial charge in [0, 0.05) is 12.2 Å². The molecule has 0 fully saturated rings. The topological polar surface area (TPSA) is 76.3 Å². The summed E-state index contributed by atoms with van der Waals surface area (Å²) in [5.74, 6) is 0. The van der Waals surface area contributed by atoms with E-state index >= 15 is 0 Å². The fraction of sp³-hybridized carbons (Fsp3) is 0.364. The zero-order chi connectivity index (χ0) is 13.8. The molecule has 0 aliphatic heterocycles. The second kappa shape index (κ2) is 5.71. The smallest absolute Gasteiger partial charge is 0.394 e. The van der Waals surface area contributed by atoms with Gasteiger partial charge in [-0.3, -0.25) is 0 Å². The second-order valence-electron chi connectivity index (χ2n) is 3.59. The molecule has 1 aromatic carbocycles. The SMILES string of the molecule is N#Cc1cc(NCC(O)CO)ccc1C(F)(F)F. The Morgan fingerprint density at radius 3 is 2.56 bits per heavy atom. The number of benzene rings is 1. The molecule has 18 heavy (non-hydrogen) atoms. The lowest BCUT2D eigenvalue weighted by Crippen LogP contribution is -2.23. The number of hydrogen-bond donors (Lipinski definition) is 3. The summed E-state index contributed by atoms with van der Waals surface area (Å²) in [6.07, 6.45) is -5.59. The van der Waals surface area contributed by atoms with Crippen molar-refractivity contribution in [2.24, 2.45) is 0 Å². The molecule has 0 aromatic heterocycles. The van der Waals surface area contributed by atoms with Crippen molar-refractivity contribution in [3.8, 4) is 6.07 Å². The summed E-state index contributed by atoms with van der Waals surface area (Å²) in [7, 11) is 0. The van der Waals surface area contributed by atoms with Gasteiger partial charge in [0.2, 0.25) is 0 Å². The minimum Gasteiger partial charge on any atom is -0.394 e. The zero-order valence-electron chi connectivity index (χ0n) is 9.20. The van der Waals surface area contributed by atoms with Crippen LogP contribution in [0.15, 0.2) is 18.2 Å². The van der Waals surface area contributed by atoms with Gasteiger partial charge < -0.3 is 15.5 Å². The Bertz CT molecular complexity index is 455. The molecule has 1 rings (SSSR count). The quantitative estimate of drug-likeness (QED) is 0.763. The van der Waals surface area contributed by atoms with E-state index in [1.165, 1.54) is 6.07 Å². The summed E-state index contributed by atoms with van der Waals surface area (Å²) in [5, 5.41) is 28.9. The molecule has 1 aromatic rings. The maximum atomic E-state index is 12.5. The van der Waals surface area contributed by atoms with E-state index in [-0.39, 0.29) is 12.2 Å². The first-order chi connectivity index (χ1) is 8.38. The normalized spacial score (nSPS) is 12.9. The van der Waals surface area contributed by atoms with E-state index in [2.05, 4.69) is 5.32 Å². The zero-order valence-corrected chi connectivity index (χ0v) is 9.20. The van der Waals surface area contributed by atoms with Crippen molar-refractivity contribution in [2.45, 2.75) is 12.3 Å². The van der Waals surface area contributed by atoms with Crippen molar-refractivity contribution in [3.63, 3.8) is 0 Å². The van der Waals surface area contributed by atoms with Gasteiger partial charge >= 0.3 is 6.18 Å². The van der Waals surface area contributed by atoms with Gasteiger partial charge in [-0.25, -0.2) is 0 Å². The number of hydrogen-bond acceptors (Lipinski definition) is 4. The van der Waals surface area contributed by atoms with Crippen LogP contribution >= 0.6 is 0 Å². The number of nitrogens with zero attached hydrogens (tertiary/aromatic N) is 1. The van der Waals surface area contributed by atoms with Crippen molar-refractivity contribution in [1.82, 2.24) is 0 Å². The summed E-state index contributed by atoms with van der Waals surface area (Å²) < 4.78 is 37.5. The molecule has 3 N–H and O–H groups in total. The predicted octanol–water partition coefficient (Wildman–Crippen LogP) is 1.34. The van der Waals surface area contributed by atoms with Gasteiger partial charge in [-0.05, 0) is 18.2 Å². The largest absolute Gasteiger partial charge is 0.417 e. The number of halogens is 3. The number of rotatable bonds is 4. The molecule has 0 saturated carbocycles. The minimum atomic E-state index is -4.58. The lowest BCUT2D eigenvalue weighted by atomic mass is 10.1. The minimum absolute atomic E-state index is 0.0211. The van der Waals surface area contributed by atoms with E-state index in [0.717, 1.165) is 18.2 Å². The van der Waals surface area contributed by atoms with Crippen LogP contribution < -0.4 is 5.32 Å². The highest BCUT2D eigenvalue weighted by atomic mass is 19.4. The van der Waals surface area contributed by atoms with Crippen molar-refractivity contribution in [3.05, 3.63) is 29.3 Å². The number of nitriles is 1. The Hall–Kier alpha value is -1.78. The van der Waals surface area contributed by atoms with Gasteiger partial charge in [0.05, 0.1) is 29.9 Å². The first-order valence-electron chi connectivity index (χ1n) is 5.02. The highest BCUT2D eigenvalue weighted by Gasteiger charge is 2.33. The second-order valence-corrected chi connectivity index (χ2v) is 3.59. The third kappa shape index (κ3) is 3.61. The van der Waals surface area contributed by atoms with Crippen LogP contribution in [0.4, 0.5) is 18.9 Å². The van der Waals surface area contributed by atoms with Gasteiger partial charge in [-0.15, -0.1) is 0 Å². The average Bonchev–Trinajstić information content (AvgIpc) is 2.34. The van der Waals surface area contributed by atoms with Crippen LogP contribution in [0.2, 0.25) is 0 Å². The van der Waals surface area contributed by atoms with E-state index in [4.69, 9.17) is 15.5 Å². The number of aliphatic hydroxyl groups is 2. The number of aliphatic hydroxyl groups excluding tert-OH is 2. The summed E-state index contributed by atoms with van der Waals surface area (Å²) >= 11 is 0. The molecule has 0 saturated heterocycles. The van der Waals surface area contributed by atoms with Crippen LogP contribution in [0, 0.1) is 11.3 Å². The fourth-order valence-corrected chi connectivity index (χ4v) is 1.29. The van der Waals surface area contributed by atoms with Crippen LogP contribution in [0.5, 0.6) is 0 Å². The van der Waals surface area contributed by atoms with Crippen LogP contribution in [-0.4, -0.2) is 29.5 Å². The lowest BCUT2D eigenvalue weighted by Gasteiger charge is -2.13. The van der Waals surface area contributed by atoms with Crippen LogP contribution in [0.1, 0.15) is 11.1 Å². The number of nitrogens with one attached hydrogen (secondary N) is 1. The Morgan fingerprint density at radius 2 is 2.06 bits per heavy atom. The molecule has 98 valence electrons. The molecule has 1 atom stereocenters. The molecule has 0 heterocycles. The van der Waals surface area contributed by atoms with Crippen LogP contribution in [0.25, 0.3) is 0 Å². The number of alkyl halides is 3. The van der Waals surface area contributed by atoms with Crippen molar-refractivity contribution in [1.29, 1.82) is 5.26 Å². The monoisotopic (exact) mass is 260 g/mol. The first-order valence-corrected chi connectivity index (χ1v) is 5.02. The Labute approximate surface area is 101 Å². The van der Waals surface area contributed by atoms with Gasteiger partial charge in [0.1, 0.15) is 0 Å². The molecule has 1 unspecified atom stereocenters. The Kier molecular flexibility index (Phi) is 4.53. The number of anilines is 1. The lowest BCUT2D eigenvalue weighted by molar-refractivity contribution is -0.137. The van der Waals surface area contributed by atoms with Gasteiger partial charge in [0.25, 0.3) is 0 Å². The molecule has 7 heteroatoms. The molecular formula is C11H11F3N2O2. The van der Waals surface area contributed by atoms with E-state index in [0.29, 0.717) is 0 Å². The van der Waals surface area contributed by atoms with Crippen molar-refractivity contribution >= 4 is 5.69 Å². The standard InChI is InChI=1S/C11H11F3N2O2/c12-11(13,14)10-2-1-8(3-7(10)4-15)16-5-9(18)6-17/h1-3,9,16-18H,5-6H2. The van der Waals surface area contributed by atoms with E-state index in [9.17, 15) is 13.2 Å². The Balaban J connectivity index is 2.90. The third-order valence-corrected chi connectivity index (χ3v) is 2.20. The van der Waals surface area contributed by atoms with Crippen LogP contribution in [0.3, 0.4) is 0 Å². The third-order valence-electron chi connectivity index (χ3n) is 2.20. The average molecular weight is 260 g/mol. The summed E-state index contributed by atoms with van der Waals surface area (Å²) in [6.45, 7) is -0.481. The molecule has 0 bridgehead atoms. The molecule has 0 amide bonds. The highest BCUT2D eigenvalue weighted by molar-refractivity contribution is 5.53. The van der Waals surface area contributed by atoms with E-state index < -0.39 is 30.0 Å². The fourth-order valence-electron chi connectivity index (χ4n) is 1.29. The summed E-state index contributed by atoms with van der Waals surface area (Å²) in [6, 6.07) is 4.48. The Morgan fingerprint density at radius 1 is 1.39 bits per heavy atom. The van der Waals surface area contributed by atoms with E-state index in [1.807, 2.05) is 0 Å². The maximum Gasteiger partial charge on any atom is 0.417 e. The van der Waals surface area contributed by atoms with Gasteiger partial charge in [-0.1, -0.05) is 0 Å². The molecule has 4 nitrogen and oxygen atoms in total. The molecule has 0 radical (unpaired) electrons.